The molecule has 1 N–H and O–H groups in total. The number of hydrogen-bond acceptors (Lipinski definition) is 5. The Balaban J connectivity index is 1.96. The number of rotatable bonds is 3. The van der Waals surface area contributed by atoms with Gasteiger partial charge in [-0.2, -0.15) is 5.26 Å². The monoisotopic (exact) mass is 344 g/mol. The molecule has 0 radical (unpaired) electrons. The summed E-state index contributed by atoms with van der Waals surface area (Å²) in [7, 11) is 0. The summed E-state index contributed by atoms with van der Waals surface area (Å²) in [5.41, 5.74) is 2.08. The molecule has 0 unspecified atom stereocenters. The number of thiophene rings is 1. The number of thiazole rings is 1. The van der Waals surface area contributed by atoms with Crippen LogP contribution < -0.4 is 0 Å². The van der Waals surface area contributed by atoms with Crippen molar-refractivity contribution in [3.8, 4) is 22.4 Å². The van der Waals surface area contributed by atoms with Crippen LogP contribution in [0.15, 0.2) is 41.1 Å². The molecule has 3 aromatic rings. The molecule has 0 aliphatic heterocycles. The molecule has 2 aromatic heterocycles. The van der Waals surface area contributed by atoms with Gasteiger partial charge in [-0.25, -0.2) is 4.98 Å². The highest BCUT2D eigenvalue weighted by Crippen LogP contribution is 2.30. The number of nitrogens with zero attached hydrogens (tertiary/aromatic N) is 2. The fourth-order valence-corrected chi connectivity index (χ4v) is 3.59. The first-order valence-electron chi connectivity index (χ1n) is 6.27. The summed E-state index contributed by atoms with van der Waals surface area (Å²) in [6.07, 6.45) is 1.71. The van der Waals surface area contributed by atoms with Crippen LogP contribution in [0.4, 0.5) is 0 Å². The molecule has 0 aliphatic carbocycles. The number of aromatic hydroxyl groups is 1. The summed E-state index contributed by atoms with van der Waals surface area (Å²) in [5.74, 6) is 0.0200. The zero-order chi connectivity index (χ0) is 15.5. The van der Waals surface area contributed by atoms with Crippen LogP contribution in [0, 0.1) is 11.3 Å². The van der Waals surface area contributed by atoms with Crippen LogP contribution in [0.5, 0.6) is 5.75 Å². The van der Waals surface area contributed by atoms with Crippen LogP contribution >= 0.6 is 34.3 Å². The van der Waals surface area contributed by atoms with Gasteiger partial charge in [-0.05, 0) is 35.2 Å². The second-order valence-electron chi connectivity index (χ2n) is 4.40. The van der Waals surface area contributed by atoms with Gasteiger partial charge in [-0.1, -0.05) is 23.7 Å². The first kappa shape index (κ1) is 14.8. The van der Waals surface area contributed by atoms with Crippen LogP contribution in [0.2, 0.25) is 5.02 Å². The molecule has 0 spiro atoms. The quantitative estimate of drug-likeness (QED) is 0.656. The molecule has 3 nitrogen and oxygen atoms in total. The molecule has 22 heavy (non-hydrogen) atoms. The van der Waals surface area contributed by atoms with E-state index < -0.39 is 0 Å². The Bertz CT molecular complexity index is 876. The lowest BCUT2D eigenvalue weighted by atomic mass is 10.1. The van der Waals surface area contributed by atoms with Gasteiger partial charge in [-0.3, -0.25) is 0 Å². The molecule has 0 saturated heterocycles. The number of hydrogen-bond donors (Lipinski definition) is 1. The Kier molecular flexibility index (Phi) is 4.25. The number of aromatic nitrogens is 1. The molecule has 0 atom stereocenters. The van der Waals surface area contributed by atoms with Crippen molar-refractivity contribution in [2.24, 2.45) is 0 Å². The number of benzene rings is 1. The maximum Gasteiger partial charge on any atom is 0.134 e. The minimum absolute atomic E-state index is 0.0200. The van der Waals surface area contributed by atoms with E-state index in [9.17, 15) is 10.4 Å². The maximum atomic E-state index is 9.43. The van der Waals surface area contributed by atoms with Crippen LogP contribution in [0.1, 0.15) is 10.6 Å². The summed E-state index contributed by atoms with van der Waals surface area (Å²) < 4.78 is 0. The van der Waals surface area contributed by atoms with E-state index >= 15 is 0 Å². The predicted octanol–water partition coefficient (Wildman–Crippen LogP) is 5.29. The molecule has 0 fully saturated rings. The van der Waals surface area contributed by atoms with Crippen LogP contribution in [-0.4, -0.2) is 10.1 Å². The third-order valence-electron chi connectivity index (χ3n) is 2.91. The van der Waals surface area contributed by atoms with E-state index in [1.165, 1.54) is 17.4 Å². The molecule has 0 amide bonds. The van der Waals surface area contributed by atoms with Gasteiger partial charge in [0.05, 0.1) is 21.2 Å². The Morgan fingerprint density at radius 3 is 2.86 bits per heavy atom. The Morgan fingerprint density at radius 1 is 1.32 bits per heavy atom. The Morgan fingerprint density at radius 2 is 2.18 bits per heavy atom. The molecule has 0 saturated carbocycles. The van der Waals surface area contributed by atoms with E-state index in [4.69, 9.17) is 11.6 Å². The zero-order valence-electron chi connectivity index (χ0n) is 11.2. The van der Waals surface area contributed by atoms with Crippen molar-refractivity contribution in [3.05, 3.63) is 56.7 Å². The highest BCUT2D eigenvalue weighted by Gasteiger charge is 2.10. The van der Waals surface area contributed by atoms with E-state index in [-0.39, 0.29) is 10.8 Å². The van der Waals surface area contributed by atoms with Crippen molar-refractivity contribution in [3.63, 3.8) is 0 Å². The number of halogens is 1. The molecule has 2 heterocycles. The van der Waals surface area contributed by atoms with Crippen molar-refractivity contribution in [2.75, 3.05) is 0 Å². The molecule has 3 rings (SSSR count). The lowest BCUT2D eigenvalue weighted by molar-refractivity contribution is 0.475. The lowest BCUT2D eigenvalue weighted by Gasteiger charge is -1.99. The molecule has 108 valence electrons. The van der Waals surface area contributed by atoms with Crippen LogP contribution in [-0.2, 0) is 0 Å². The van der Waals surface area contributed by atoms with Crippen molar-refractivity contribution >= 4 is 45.9 Å². The van der Waals surface area contributed by atoms with Gasteiger partial charge in [0.25, 0.3) is 0 Å². The summed E-state index contributed by atoms with van der Waals surface area (Å²) in [6.45, 7) is 0. The van der Waals surface area contributed by atoms with Gasteiger partial charge in [0.1, 0.15) is 16.8 Å². The van der Waals surface area contributed by atoms with E-state index in [0.717, 1.165) is 16.1 Å². The van der Waals surface area contributed by atoms with E-state index in [1.807, 2.05) is 22.9 Å². The van der Waals surface area contributed by atoms with Crippen molar-refractivity contribution < 1.29 is 5.11 Å². The molecule has 1 aromatic carbocycles. The third kappa shape index (κ3) is 3.04. The fraction of sp³-hybridized carbons (Fsp3) is 0. The first-order chi connectivity index (χ1) is 10.7. The van der Waals surface area contributed by atoms with E-state index in [0.29, 0.717) is 10.6 Å². The zero-order valence-corrected chi connectivity index (χ0v) is 13.5. The Hall–Kier alpha value is -2.13. The van der Waals surface area contributed by atoms with E-state index in [2.05, 4.69) is 11.1 Å². The average molecular weight is 345 g/mol. The second-order valence-corrected chi connectivity index (χ2v) is 6.61. The largest absolute Gasteiger partial charge is 0.506 e. The smallest absolute Gasteiger partial charge is 0.134 e. The molecule has 6 heteroatoms. The van der Waals surface area contributed by atoms with Crippen molar-refractivity contribution in [1.29, 1.82) is 5.26 Å². The predicted molar refractivity (Wildman–Crippen MR) is 92.0 cm³/mol. The van der Waals surface area contributed by atoms with Gasteiger partial charge in [0.15, 0.2) is 0 Å². The average Bonchev–Trinajstić information content (AvgIpc) is 3.18. The molecule has 0 bridgehead atoms. The number of allylic oxidation sites excluding steroid dienone is 1. The second kappa shape index (κ2) is 6.32. The van der Waals surface area contributed by atoms with Crippen molar-refractivity contribution in [2.45, 2.75) is 0 Å². The highest BCUT2D eigenvalue weighted by molar-refractivity contribution is 7.14. The topological polar surface area (TPSA) is 56.9 Å². The third-order valence-corrected chi connectivity index (χ3v) is 4.98. The lowest BCUT2D eigenvalue weighted by Crippen LogP contribution is -1.82. The fourth-order valence-electron chi connectivity index (χ4n) is 1.86. The SMILES string of the molecule is N#C/C(=C/c1ccc(O)c(Cl)c1)c1nc(-c2cccs2)cs1. The van der Waals surface area contributed by atoms with Crippen LogP contribution in [0.3, 0.4) is 0 Å². The van der Waals surface area contributed by atoms with Gasteiger partial charge in [-0.15, -0.1) is 22.7 Å². The first-order valence-corrected chi connectivity index (χ1v) is 8.41. The highest BCUT2D eigenvalue weighted by atomic mass is 35.5. The van der Waals surface area contributed by atoms with Crippen molar-refractivity contribution in [1.82, 2.24) is 4.98 Å². The molecule has 0 aliphatic rings. The molecular weight excluding hydrogens is 336 g/mol. The standard InChI is InChI=1S/C16H9ClN2OS2/c17-12-7-10(3-4-14(12)20)6-11(8-18)16-19-13(9-22-16)15-2-1-5-21-15/h1-7,9,20H/b11-6-. The molecular formula is C16H9ClN2OS2. The number of nitriles is 1. The summed E-state index contributed by atoms with van der Waals surface area (Å²) in [4.78, 5) is 5.59. The van der Waals surface area contributed by atoms with Gasteiger partial charge >= 0.3 is 0 Å². The number of phenols is 1. The maximum absolute atomic E-state index is 9.43. The van der Waals surface area contributed by atoms with Gasteiger partial charge in [0, 0.05) is 5.38 Å². The van der Waals surface area contributed by atoms with Gasteiger partial charge in [0.2, 0.25) is 0 Å². The van der Waals surface area contributed by atoms with Crippen LogP contribution in [0.25, 0.3) is 22.2 Å². The summed E-state index contributed by atoms with van der Waals surface area (Å²) >= 11 is 8.93. The van der Waals surface area contributed by atoms with Gasteiger partial charge < -0.3 is 5.11 Å². The Labute approximate surface area is 140 Å². The summed E-state index contributed by atoms with van der Waals surface area (Å²) in [6, 6.07) is 11.0. The summed E-state index contributed by atoms with van der Waals surface area (Å²) in [5, 5.41) is 23.7. The van der Waals surface area contributed by atoms with E-state index in [1.54, 1.807) is 29.5 Å². The number of phenolic OH excluding ortho intramolecular Hbond substituents is 1. The normalized spacial score (nSPS) is 11.4. The minimum atomic E-state index is 0.0200. The minimum Gasteiger partial charge on any atom is -0.506 e.